The van der Waals surface area contributed by atoms with Gasteiger partial charge in [0.2, 0.25) is 0 Å². The zero-order valence-corrected chi connectivity index (χ0v) is 15.6. The van der Waals surface area contributed by atoms with Crippen molar-refractivity contribution >= 4 is 0 Å². The van der Waals surface area contributed by atoms with Gasteiger partial charge in [0.15, 0.2) is 0 Å². The van der Waals surface area contributed by atoms with E-state index in [-0.39, 0.29) is 21.7 Å². The van der Waals surface area contributed by atoms with Gasteiger partial charge in [0.05, 0.1) is 0 Å². The number of unbranched alkanes of at least 4 members (excludes halogenated alkanes) is 6. The summed E-state index contributed by atoms with van der Waals surface area (Å²) in [5.41, 5.74) is 0. The van der Waals surface area contributed by atoms with Gasteiger partial charge in [0.1, 0.15) is 0 Å². The van der Waals surface area contributed by atoms with Crippen molar-refractivity contribution in [2.75, 3.05) is 0 Å². The summed E-state index contributed by atoms with van der Waals surface area (Å²) in [6, 6.07) is 0. The van der Waals surface area contributed by atoms with Crippen LogP contribution in [0.4, 0.5) is 0 Å². The zero-order valence-electron chi connectivity index (χ0n) is 14.0. The monoisotopic (exact) mass is 300 g/mol. The van der Waals surface area contributed by atoms with Crippen LogP contribution in [-0.4, -0.2) is 0 Å². The maximum atomic E-state index is 2.32. The maximum Gasteiger partial charge on any atom is 2.00 e. The Kier molecular flexibility index (Phi) is 29.7. The molecule has 0 aliphatic heterocycles. The predicted molar refractivity (Wildman–Crippen MR) is 87.1 cm³/mol. The summed E-state index contributed by atoms with van der Waals surface area (Å²) in [7, 11) is 0. The molecule has 0 heterocycles. The summed E-state index contributed by atoms with van der Waals surface area (Å²) in [5.74, 6) is 0.903. The van der Waals surface area contributed by atoms with Crippen LogP contribution in [0, 0.1) is 5.92 Å². The van der Waals surface area contributed by atoms with Crippen molar-refractivity contribution < 1.29 is 21.7 Å². The molecular formula is C18H36Ti+2. The first-order valence-corrected chi connectivity index (χ1v) is 7.92. The molecule has 19 heavy (non-hydrogen) atoms. The minimum Gasteiger partial charge on any atom is -0.0877 e. The van der Waals surface area contributed by atoms with Gasteiger partial charge in [-0.05, 0) is 19.8 Å². The van der Waals surface area contributed by atoms with Gasteiger partial charge in [-0.25, -0.2) is 0 Å². The third-order valence-corrected chi connectivity index (χ3v) is 2.88. The van der Waals surface area contributed by atoms with Gasteiger partial charge in [-0.2, -0.15) is 0 Å². The molecule has 0 N–H and O–H groups in total. The largest absolute Gasteiger partial charge is 2.00 e. The SMILES string of the molecule is CC=CC=CC.CCCCCCCCCC(C)C.[Ti+2]. The third-order valence-electron chi connectivity index (χ3n) is 2.88. The molecular weight excluding hydrogens is 264 g/mol. The number of rotatable bonds is 9. The van der Waals surface area contributed by atoms with E-state index in [1.807, 2.05) is 38.2 Å². The van der Waals surface area contributed by atoms with E-state index < -0.39 is 0 Å². The second-order valence-corrected chi connectivity index (χ2v) is 5.36. The van der Waals surface area contributed by atoms with Crippen LogP contribution in [0.3, 0.4) is 0 Å². The van der Waals surface area contributed by atoms with Gasteiger partial charge in [-0.1, -0.05) is 96.4 Å². The van der Waals surface area contributed by atoms with Crippen LogP contribution < -0.4 is 0 Å². The standard InChI is InChI=1S/C12H26.C6H10.Ti/c1-4-5-6-7-8-9-10-11-12(2)3;1-3-5-6-4-2;/h12H,4-11H2,1-3H3;3-6H,1-2H3;/q;;+2. The molecule has 0 radical (unpaired) electrons. The first-order valence-electron chi connectivity index (χ1n) is 7.92. The van der Waals surface area contributed by atoms with Crippen molar-refractivity contribution in [3.05, 3.63) is 24.3 Å². The Hall–Kier alpha value is 0.194. The molecule has 0 fully saturated rings. The molecule has 0 rings (SSSR count). The molecule has 0 aliphatic carbocycles. The summed E-state index contributed by atoms with van der Waals surface area (Å²) in [4.78, 5) is 0. The molecule has 0 amide bonds. The minimum absolute atomic E-state index is 0. The van der Waals surface area contributed by atoms with E-state index in [9.17, 15) is 0 Å². The molecule has 0 saturated carbocycles. The van der Waals surface area contributed by atoms with Crippen molar-refractivity contribution in [3.63, 3.8) is 0 Å². The Morgan fingerprint density at radius 2 is 1.16 bits per heavy atom. The molecule has 0 atom stereocenters. The summed E-state index contributed by atoms with van der Waals surface area (Å²) in [5, 5.41) is 0. The van der Waals surface area contributed by atoms with Gasteiger partial charge in [0, 0.05) is 0 Å². The van der Waals surface area contributed by atoms with E-state index in [0.717, 1.165) is 5.92 Å². The summed E-state index contributed by atoms with van der Waals surface area (Å²) in [6.45, 7) is 10.9. The molecule has 0 nitrogen and oxygen atoms in total. The van der Waals surface area contributed by atoms with Gasteiger partial charge >= 0.3 is 21.7 Å². The Labute approximate surface area is 138 Å². The Morgan fingerprint density at radius 3 is 1.53 bits per heavy atom. The molecule has 0 aromatic heterocycles. The summed E-state index contributed by atoms with van der Waals surface area (Å²) in [6.07, 6.45) is 19.5. The fraction of sp³-hybridized carbons (Fsp3) is 0.778. The maximum absolute atomic E-state index is 2.32. The first-order chi connectivity index (χ1) is 8.68. The summed E-state index contributed by atoms with van der Waals surface area (Å²) >= 11 is 0. The zero-order chi connectivity index (χ0) is 14.1. The number of hydrogen-bond donors (Lipinski definition) is 0. The van der Waals surface area contributed by atoms with Gasteiger partial charge in [0.25, 0.3) is 0 Å². The molecule has 0 bridgehead atoms. The van der Waals surface area contributed by atoms with Crippen LogP contribution in [0.15, 0.2) is 24.3 Å². The van der Waals surface area contributed by atoms with Gasteiger partial charge in [-0.15, -0.1) is 0 Å². The predicted octanol–water partition coefficient (Wildman–Crippen LogP) is 6.92. The van der Waals surface area contributed by atoms with Crippen molar-refractivity contribution in [2.24, 2.45) is 5.92 Å². The molecule has 0 spiro atoms. The molecule has 0 aromatic carbocycles. The molecule has 110 valence electrons. The van der Waals surface area contributed by atoms with Crippen LogP contribution in [0.25, 0.3) is 0 Å². The molecule has 0 aromatic rings. The van der Waals surface area contributed by atoms with Crippen LogP contribution in [-0.2, 0) is 21.7 Å². The van der Waals surface area contributed by atoms with E-state index in [2.05, 4.69) is 20.8 Å². The van der Waals surface area contributed by atoms with Crippen molar-refractivity contribution in [1.82, 2.24) is 0 Å². The van der Waals surface area contributed by atoms with Crippen molar-refractivity contribution in [3.8, 4) is 0 Å². The molecule has 0 unspecified atom stereocenters. The van der Waals surface area contributed by atoms with Gasteiger partial charge < -0.3 is 0 Å². The normalized spacial score (nSPS) is 10.6. The van der Waals surface area contributed by atoms with E-state index in [4.69, 9.17) is 0 Å². The van der Waals surface area contributed by atoms with Crippen LogP contribution in [0.1, 0.15) is 86.0 Å². The second-order valence-electron chi connectivity index (χ2n) is 5.36. The van der Waals surface area contributed by atoms with E-state index in [0.29, 0.717) is 0 Å². The van der Waals surface area contributed by atoms with Crippen molar-refractivity contribution in [2.45, 2.75) is 86.0 Å². The molecule has 0 aliphatic rings. The van der Waals surface area contributed by atoms with Crippen molar-refractivity contribution in [1.29, 1.82) is 0 Å². The van der Waals surface area contributed by atoms with E-state index in [1.165, 1.54) is 51.4 Å². The fourth-order valence-electron chi connectivity index (χ4n) is 1.73. The Morgan fingerprint density at radius 1 is 0.737 bits per heavy atom. The second kappa shape index (κ2) is 23.3. The third kappa shape index (κ3) is 32.1. The first kappa shape index (κ1) is 24.2. The topological polar surface area (TPSA) is 0 Å². The fourth-order valence-corrected chi connectivity index (χ4v) is 1.73. The molecule has 0 saturated heterocycles. The molecule has 1 heteroatoms. The average molecular weight is 300 g/mol. The number of allylic oxidation sites excluding steroid dienone is 4. The minimum atomic E-state index is 0. The Balaban J connectivity index is -0.000000313. The average Bonchev–Trinajstić information content (AvgIpc) is 2.36. The van der Waals surface area contributed by atoms with Crippen LogP contribution in [0.5, 0.6) is 0 Å². The van der Waals surface area contributed by atoms with E-state index >= 15 is 0 Å². The summed E-state index contributed by atoms with van der Waals surface area (Å²) < 4.78 is 0. The van der Waals surface area contributed by atoms with Gasteiger partial charge in [-0.3, -0.25) is 0 Å². The van der Waals surface area contributed by atoms with Crippen LogP contribution >= 0.6 is 0 Å². The Bertz CT molecular complexity index is 170. The van der Waals surface area contributed by atoms with Crippen LogP contribution in [0.2, 0.25) is 0 Å². The number of hydrogen-bond acceptors (Lipinski definition) is 0. The smallest absolute Gasteiger partial charge is 0.0877 e. The quantitative estimate of drug-likeness (QED) is 0.246. The van der Waals surface area contributed by atoms with E-state index in [1.54, 1.807) is 0 Å².